The maximum atomic E-state index is 11.5. The Bertz CT molecular complexity index is 431. The van der Waals surface area contributed by atoms with E-state index in [9.17, 15) is 9.59 Å². The van der Waals surface area contributed by atoms with Gasteiger partial charge in [0, 0.05) is 6.42 Å². The van der Waals surface area contributed by atoms with Crippen molar-refractivity contribution in [2.45, 2.75) is 39.0 Å². The van der Waals surface area contributed by atoms with Gasteiger partial charge in [0.05, 0.1) is 6.54 Å². The van der Waals surface area contributed by atoms with Gasteiger partial charge in [-0.05, 0) is 34.5 Å². The number of nitrogens with one attached hydrogen (secondary N) is 1. The SMILES string of the molecule is CCCCCCC(=O)NCCOC(=O)c1ccc(Br)o1. The van der Waals surface area contributed by atoms with Gasteiger partial charge in [-0.1, -0.05) is 26.2 Å². The smallest absolute Gasteiger partial charge is 0.374 e. The average Bonchev–Trinajstić information content (AvgIpc) is 2.86. The van der Waals surface area contributed by atoms with Gasteiger partial charge in [0.2, 0.25) is 11.7 Å². The maximum Gasteiger partial charge on any atom is 0.374 e. The molecule has 0 saturated carbocycles. The van der Waals surface area contributed by atoms with Crippen LogP contribution in [0, 0.1) is 0 Å². The highest BCUT2D eigenvalue weighted by Crippen LogP contribution is 2.14. The molecule has 0 aromatic carbocycles. The number of rotatable bonds is 9. The summed E-state index contributed by atoms with van der Waals surface area (Å²) in [5.74, 6) is -0.395. The number of unbranched alkanes of at least 4 members (excludes halogenated alkanes) is 3. The van der Waals surface area contributed by atoms with Gasteiger partial charge in [0.1, 0.15) is 6.61 Å². The normalized spacial score (nSPS) is 10.3. The zero-order chi connectivity index (χ0) is 14.8. The predicted molar refractivity (Wildman–Crippen MR) is 78.5 cm³/mol. The molecule has 0 spiro atoms. The second-order valence-corrected chi connectivity index (χ2v) is 5.18. The van der Waals surface area contributed by atoms with E-state index in [1.807, 2.05) is 0 Å². The van der Waals surface area contributed by atoms with Crippen LogP contribution in [0.1, 0.15) is 49.6 Å². The van der Waals surface area contributed by atoms with Gasteiger partial charge in [0.15, 0.2) is 4.67 Å². The lowest BCUT2D eigenvalue weighted by Crippen LogP contribution is -2.27. The maximum absolute atomic E-state index is 11.5. The van der Waals surface area contributed by atoms with Crippen LogP contribution in [-0.4, -0.2) is 25.0 Å². The highest BCUT2D eigenvalue weighted by atomic mass is 79.9. The number of carbonyl (C=O) groups excluding carboxylic acids is 2. The molecule has 0 fully saturated rings. The lowest BCUT2D eigenvalue weighted by Gasteiger charge is -2.05. The molecule has 1 amide bonds. The fourth-order valence-corrected chi connectivity index (χ4v) is 1.94. The first-order chi connectivity index (χ1) is 9.63. The molecule has 20 heavy (non-hydrogen) atoms. The van der Waals surface area contributed by atoms with Crippen molar-refractivity contribution in [2.75, 3.05) is 13.2 Å². The zero-order valence-electron chi connectivity index (χ0n) is 11.6. The van der Waals surface area contributed by atoms with Crippen LogP contribution < -0.4 is 5.32 Å². The van der Waals surface area contributed by atoms with E-state index in [0.717, 1.165) is 25.7 Å². The van der Waals surface area contributed by atoms with E-state index >= 15 is 0 Å². The molecule has 0 radical (unpaired) electrons. The first kappa shape index (κ1) is 16.8. The average molecular weight is 346 g/mol. The van der Waals surface area contributed by atoms with Gasteiger partial charge < -0.3 is 14.5 Å². The topological polar surface area (TPSA) is 68.5 Å². The minimum atomic E-state index is -0.534. The summed E-state index contributed by atoms with van der Waals surface area (Å²) in [6.07, 6.45) is 4.81. The quantitative estimate of drug-likeness (QED) is 0.550. The Morgan fingerprint density at radius 1 is 1.30 bits per heavy atom. The van der Waals surface area contributed by atoms with Crippen LogP contribution in [0.15, 0.2) is 21.2 Å². The minimum absolute atomic E-state index is 0.00195. The number of esters is 1. The van der Waals surface area contributed by atoms with E-state index in [-0.39, 0.29) is 18.3 Å². The van der Waals surface area contributed by atoms with Crippen LogP contribution in [0.5, 0.6) is 0 Å². The minimum Gasteiger partial charge on any atom is -0.458 e. The third kappa shape index (κ3) is 6.75. The first-order valence-electron chi connectivity index (χ1n) is 6.82. The number of hydrogen-bond acceptors (Lipinski definition) is 4. The van der Waals surface area contributed by atoms with Crippen molar-refractivity contribution in [3.8, 4) is 0 Å². The van der Waals surface area contributed by atoms with Crippen LogP contribution in [0.2, 0.25) is 0 Å². The van der Waals surface area contributed by atoms with Gasteiger partial charge in [-0.2, -0.15) is 0 Å². The van der Waals surface area contributed by atoms with Crippen LogP contribution in [0.3, 0.4) is 0 Å². The fraction of sp³-hybridized carbons (Fsp3) is 0.571. The van der Waals surface area contributed by atoms with Crippen molar-refractivity contribution in [3.05, 3.63) is 22.6 Å². The molecular weight excluding hydrogens is 326 g/mol. The largest absolute Gasteiger partial charge is 0.458 e. The van der Waals surface area contributed by atoms with Crippen molar-refractivity contribution < 1.29 is 18.7 Å². The summed E-state index contributed by atoms with van der Waals surface area (Å²) >= 11 is 3.10. The third-order valence-corrected chi connectivity index (χ3v) is 3.12. The molecule has 1 N–H and O–H groups in total. The number of hydrogen-bond donors (Lipinski definition) is 1. The van der Waals surface area contributed by atoms with Gasteiger partial charge in [-0.15, -0.1) is 0 Å². The Kier molecular flexibility index (Phi) is 8.02. The molecule has 6 heteroatoms. The predicted octanol–water partition coefficient (Wildman–Crippen LogP) is 3.29. The van der Waals surface area contributed by atoms with Crippen molar-refractivity contribution in [2.24, 2.45) is 0 Å². The first-order valence-corrected chi connectivity index (χ1v) is 7.62. The summed E-state index contributed by atoms with van der Waals surface area (Å²) in [5, 5.41) is 2.72. The molecule has 0 unspecified atom stereocenters. The lowest BCUT2D eigenvalue weighted by atomic mass is 10.1. The summed E-state index contributed by atoms with van der Waals surface area (Å²) in [7, 11) is 0. The Morgan fingerprint density at radius 2 is 2.10 bits per heavy atom. The van der Waals surface area contributed by atoms with Gasteiger partial charge in [-0.3, -0.25) is 4.79 Å². The fourth-order valence-electron chi connectivity index (χ4n) is 1.63. The molecule has 1 aromatic rings. The monoisotopic (exact) mass is 345 g/mol. The van der Waals surface area contributed by atoms with Crippen molar-refractivity contribution in [1.29, 1.82) is 0 Å². The molecular formula is C14H20BrNO4. The second kappa shape index (κ2) is 9.58. The number of ether oxygens (including phenoxy) is 1. The Morgan fingerprint density at radius 3 is 2.75 bits per heavy atom. The van der Waals surface area contributed by atoms with Crippen LogP contribution in [0.25, 0.3) is 0 Å². The van der Waals surface area contributed by atoms with Crippen molar-refractivity contribution in [1.82, 2.24) is 5.32 Å². The Labute approximate surface area is 127 Å². The van der Waals surface area contributed by atoms with E-state index in [0.29, 0.717) is 17.6 Å². The molecule has 0 aliphatic carbocycles. The second-order valence-electron chi connectivity index (χ2n) is 4.40. The molecule has 1 heterocycles. The highest BCUT2D eigenvalue weighted by molar-refractivity contribution is 9.10. The summed E-state index contributed by atoms with van der Waals surface area (Å²) in [4.78, 5) is 22.9. The summed E-state index contributed by atoms with van der Waals surface area (Å²) < 4.78 is 10.5. The van der Waals surface area contributed by atoms with Gasteiger partial charge in [0.25, 0.3) is 0 Å². The van der Waals surface area contributed by atoms with Gasteiger partial charge >= 0.3 is 5.97 Å². The van der Waals surface area contributed by atoms with Crippen LogP contribution in [-0.2, 0) is 9.53 Å². The molecule has 1 rings (SSSR count). The number of halogens is 1. The molecule has 0 bridgehead atoms. The Hall–Kier alpha value is -1.30. The zero-order valence-corrected chi connectivity index (χ0v) is 13.2. The molecule has 1 aromatic heterocycles. The Balaban J connectivity index is 2.06. The number of amides is 1. The van der Waals surface area contributed by atoms with E-state index in [1.54, 1.807) is 6.07 Å². The summed E-state index contributed by atoms with van der Waals surface area (Å²) in [5.41, 5.74) is 0. The number of carbonyl (C=O) groups is 2. The van der Waals surface area contributed by atoms with E-state index in [1.165, 1.54) is 6.07 Å². The highest BCUT2D eigenvalue weighted by Gasteiger charge is 2.11. The summed E-state index contributed by atoms with van der Waals surface area (Å²) in [6.45, 7) is 2.59. The standard InChI is InChI=1S/C14H20BrNO4/c1-2-3-4-5-6-13(17)16-9-10-19-14(18)11-7-8-12(15)20-11/h7-8H,2-6,9-10H2,1H3,(H,16,17). The van der Waals surface area contributed by atoms with Crippen molar-refractivity contribution in [3.63, 3.8) is 0 Å². The molecule has 0 atom stereocenters. The summed E-state index contributed by atoms with van der Waals surface area (Å²) in [6, 6.07) is 3.15. The number of furan rings is 1. The van der Waals surface area contributed by atoms with Crippen LogP contribution in [0.4, 0.5) is 0 Å². The molecule has 0 aliphatic heterocycles. The van der Waals surface area contributed by atoms with E-state index in [4.69, 9.17) is 9.15 Å². The van der Waals surface area contributed by atoms with E-state index < -0.39 is 5.97 Å². The van der Waals surface area contributed by atoms with Gasteiger partial charge in [-0.25, -0.2) is 4.79 Å². The molecule has 0 aliphatic rings. The third-order valence-electron chi connectivity index (χ3n) is 2.69. The van der Waals surface area contributed by atoms with Crippen LogP contribution >= 0.6 is 15.9 Å². The molecule has 0 saturated heterocycles. The lowest BCUT2D eigenvalue weighted by molar-refractivity contribution is -0.121. The van der Waals surface area contributed by atoms with Crippen molar-refractivity contribution >= 4 is 27.8 Å². The molecule has 5 nitrogen and oxygen atoms in total. The molecule has 112 valence electrons. The van der Waals surface area contributed by atoms with E-state index in [2.05, 4.69) is 28.2 Å².